The maximum atomic E-state index is 12.5. The number of nitrogens with one attached hydrogen (secondary N) is 1. The Kier molecular flexibility index (Phi) is 3.14. The third kappa shape index (κ3) is 1.98. The van der Waals surface area contributed by atoms with Gasteiger partial charge in [0.25, 0.3) is 0 Å². The average Bonchev–Trinajstić information content (AvgIpc) is 2.94. The molecule has 2 bridgehead atoms. The van der Waals surface area contributed by atoms with Gasteiger partial charge in [0.15, 0.2) is 0 Å². The fourth-order valence-corrected chi connectivity index (χ4v) is 4.75. The number of hydrogen-bond acceptors (Lipinski definition) is 4. The summed E-state index contributed by atoms with van der Waals surface area (Å²) in [5.41, 5.74) is 0. The zero-order chi connectivity index (χ0) is 12.9. The summed E-state index contributed by atoms with van der Waals surface area (Å²) in [6, 6.07) is 1.85. The first-order valence-electron chi connectivity index (χ1n) is 5.55. The van der Waals surface area contributed by atoms with Crippen molar-refractivity contribution in [2.75, 3.05) is 13.1 Å². The van der Waals surface area contributed by atoms with Crippen molar-refractivity contribution in [2.45, 2.75) is 23.4 Å². The second kappa shape index (κ2) is 4.42. The van der Waals surface area contributed by atoms with E-state index in [2.05, 4.69) is 26.2 Å². The summed E-state index contributed by atoms with van der Waals surface area (Å²) in [6.07, 6.45) is 2.20. The fourth-order valence-electron chi connectivity index (χ4n) is 2.50. The Labute approximate surface area is 119 Å². The molecule has 3 heterocycles. The van der Waals surface area contributed by atoms with Crippen LogP contribution in [-0.4, -0.2) is 42.9 Å². The lowest BCUT2D eigenvalue weighted by molar-refractivity contribution is 0.348. The molecule has 1 aromatic rings. The molecular weight excluding hydrogens is 342 g/mol. The van der Waals surface area contributed by atoms with E-state index < -0.39 is 10.0 Å². The van der Waals surface area contributed by atoms with Gasteiger partial charge in [-0.3, -0.25) is 0 Å². The lowest BCUT2D eigenvalue weighted by Gasteiger charge is -2.26. The van der Waals surface area contributed by atoms with Crippen LogP contribution < -0.4 is 5.32 Å². The van der Waals surface area contributed by atoms with E-state index in [1.165, 1.54) is 12.3 Å². The summed E-state index contributed by atoms with van der Waals surface area (Å²) >= 11 is 8.98. The molecule has 98 valence electrons. The molecule has 1 N–H and O–H groups in total. The Balaban J connectivity index is 1.97. The van der Waals surface area contributed by atoms with Crippen molar-refractivity contribution in [1.82, 2.24) is 14.6 Å². The van der Waals surface area contributed by atoms with Crippen LogP contribution in [0.5, 0.6) is 0 Å². The quantitative estimate of drug-likeness (QED) is 0.813. The topological polar surface area (TPSA) is 62.3 Å². The summed E-state index contributed by atoms with van der Waals surface area (Å²) < 4.78 is 27.0. The summed E-state index contributed by atoms with van der Waals surface area (Å²) in [6.45, 7) is 1.26. The van der Waals surface area contributed by atoms with Gasteiger partial charge in [0, 0.05) is 31.4 Å². The van der Waals surface area contributed by atoms with Crippen LogP contribution in [-0.2, 0) is 10.0 Å². The Bertz CT molecular complexity index is 595. The highest BCUT2D eigenvalue weighted by atomic mass is 79.9. The highest BCUT2D eigenvalue weighted by Gasteiger charge is 2.44. The Morgan fingerprint density at radius 1 is 1.56 bits per heavy atom. The molecule has 18 heavy (non-hydrogen) atoms. The van der Waals surface area contributed by atoms with Crippen molar-refractivity contribution < 1.29 is 8.42 Å². The number of pyridine rings is 1. The second-order valence-corrected chi connectivity index (χ2v) is 7.62. The summed E-state index contributed by atoms with van der Waals surface area (Å²) in [7, 11) is -3.47. The van der Waals surface area contributed by atoms with Gasteiger partial charge in [-0.1, -0.05) is 11.6 Å². The molecule has 8 heteroatoms. The van der Waals surface area contributed by atoms with Crippen LogP contribution in [0.15, 0.2) is 21.6 Å². The zero-order valence-electron chi connectivity index (χ0n) is 9.31. The SMILES string of the molecule is O=S(=O)(c1cnc(Cl)c(Br)c1)N1C[C@H]2C[C@@H]1CN2. The normalized spacial score (nSPS) is 27.9. The molecule has 0 aliphatic carbocycles. The van der Waals surface area contributed by atoms with Gasteiger partial charge in [0.1, 0.15) is 10.0 Å². The predicted octanol–water partition coefficient (Wildman–Crippen LogP) is 1.23. The molecule has 0 unspecified atom stereocenters. The van der Waals surface area contributed by atoms with E-state index in [1.807, 2.05) is 0 Å². The van der Waals surface area contributed by atoms with Gasteiger partial charge in [-0.05, 0) is 28.4 Å². The average molecular weight is 353 g/mol. The Morgan fingerprint density at radius 3 is 2.89 bits per heavy atom. The highest BCUT2D eigenvalue weighted by Crippen LogP contribution is 2.31. The summed E-state index contributed by atoms with van der Waals surface area (Å²) in [5, 5.41) is 3.54. The first-order chi connectivity index (χ1) is 8.48. The van der Waals surface area contributed by atoms with Gasteiger partial charge in [0.05, 0.1) is 4.47 Å². The highest BCUT2D eigenvalue weighted by molar-refractivity contribution is 9.10. The van der Waals surface area contributed by atoms with Crippen LogP contribution in [0.2, 0.25) is 5.15 Å². The number of piperazine rings is 1. The van der Waals surface area contributed by atoms with Crippen LogP contribution in [0.4, 0.5) is 0 Å². The number of aromatic nitrogens is 1. The molecule has 2 atom stereocenters. The van der Waals surface area contributed by atoms with Crippen LogP contribution in [0, 0.1) is 0 Å². The lowest BCUT2D eigenvalue weighted by atomic mass is 10.2. The van der Waals surface area contributed by atoms with Crippen LogP contribution in [0.3, 0.4) is 0 Å². The van der Waals surface area contributed by atoms with Gasteiger partial charge in [-0.15, -0.1) is 0 Å². The predicted molar refractivity (Wildman–Crippen MR) is 71.0 cm³/mol. The van der Waals surface area contributed by atoms with Crippen molar-refractivity contribution >= 4 is 37.6 Å². The zero-order valence-corrected chi connectivity index (χ0v) is 12.5. The molecule has 3 rings (SSSR count). The molecule has 0 saturated carbocycles. The largest absolute Gasteiger partial charge is 0.311 e. The maximum absolute atomic E-state index is 12.5. The fraction of sp³-hybridized carbons (Fsp3) is 0.500. The maximum Gasteiger partial charge on any atom is 0.244 e. The number of fused-ring (bicyclic) bond motifs is 2. The van der Waals surface area contributed by atoms with E-state index in [0.717, 1.165) is 13.0 Å². The number of nitrogens with zero attached hydrogens (tertiary/aromatic N) is 2. The molecular formula is C10H11BrClN3O2S. The minimum absolute atomic E-state index is 0.0643. The summed E-state index contributed by atoms with van der Waals surface area (Å²) in [5.74, 6) is 0. The van der Waals surface area contributed by atoms with Gasteiger partial charge in [-0.25, -0.2) is 13.4 Å². The number of hydrogen-bond donors (Lipinski definition) is 1. The van der Waals surface area contributed by atoms with E-state index in [-0.39, 0.29) is 22.1 Å². The van der Waals surface area contributed by atoms with E-state index in [9.17, 15) is 8.42 Å². The number of sulfonamides is 1. The monoisotopic (exact) mass is 351 g/mol. The third-order valence-corrected chi connectivity index (χ3v) is 6.40. The molecule has 2 aliphatic heterocycles. The second-order valence-electron chi connectivity index (χ2n) is 4.51. The molecule has 0 radical (unpaired) electrons. The van der Waals surface area contributed by atoms with Crippen LogP contribution in [0.1, 0.15) is 6.42 Å². The van der Waals surface area contributed by atoms with Gasteiger partial charge < -0.3 is 5.32 Å². The molecule has 2 aliphatic rings. The van der Waals surface area contributed by atoms with Crippen molar-refractivity contribution in [2.24, 2.45) is 0 Å². The number of halogens is 2. The minimum Gasteiger partial charge on any atom is -0.311 e. The first-order valence-corrected chi connectivity index (χ1v) is 8.16. The van der Waals surface area contributed by atoms with Crippen molar-refractivity contribution in [3.63, 3.8) is 0 Å². The number of rotatable bonds is 2. The van der Waals surface area contributed by atoms with Gasteiger partial charge in [0.2, 0.25) is 10.0 Å². The van der Waals surface area contributed by atoms with E-state index in [0.29, 0.717) is 11.0 Å². The Morgan fingerprint density at radius 2 is 2.33 bits per heavy atom. The molecule has 0 amide bonds. The van der Waals surface area contributed by atoms with Crippen molar-refractivity contribution in [3.8, 4) is 0 Å². The van der Waals surface area contributed by atoms with E-state index >= 15 is 0 Å². The smallest absolute Gasteiger partial charge is 0.244 e. The van der Waals surface area contributed by atoms with Gasteiger partial charge in [-0.2, -0.15) is 4.31 Å². The van der Waals surface area contributed by atoms with Crippen LogP contribution >= 0.6 is 27.5 Å². The van der Waals surface area contributed by atoms with Crippen LogP contribution in [0.25, 0.3) is 0 Å². The Hall–Kier alpha value is -0.210. The van der Waals surface area contributed by atoms with Crippen molar-refractivity contribution in [3.05, 3.63) is 21.9 Å². The van der Waals surface area contributed by atoms with Crippen molar-refractivity contribution in [1.29, 1.82) is 0 Å². The van der Waals surface area contributed by atoms with Gasteiger partial charge >= 0.3 is 0 Å². The molecule has 5 nitrogen and oxygen atoms in total. The summed E-state index contributed by atoms with van der Waals surface area (Å²) in [4.78, 5) is 4.06. The van der Waals surface area contributed by atoms with E-state index in [4.69, 9.17) is 11.6 Å². The lowest BCUT2D eigenvalue weighted by Crippen LogP contribution is -2.46. The third-order valence-electron chi connectivity index (χ3n) is 3.38. The molecule has 2 saturated heterocycles. The standard InChI is InChI=1S/C10H11BrClN3O2S/c11-9-2-8(4-14-10(9)12)18(16,17)15-5-6-1-7(15)3-13-6/h2,4,6-7,13H,1,3,5H2/t6-,7-/m1/s1. The van der Waals surface area contributed by atoms with E-state index in [1.54, 1.807) is 4.31 Å². The first kappa shape index (κ1) is 12.8. The molecule has 0 aromatic carbocycles. The molecule has 2 fully saturated rings. The molecule has 0 spiro atoms. The minimum atomic E-state index is -3.47. The molecule has 1 aromatic heterocycles.